The van der Waals surface area contributed by atoms with Gasteiger partial charge in [-0.25, -0.2) is 0 Å². The first-order valence-corrected chi connectivity index (χ1v) is 6.88. The summed E-state index contributed by atoms with van der Waals surface area (Å²) in [6.45, 7) is 6.69. The molecule has 1 aliphatic rings. The number of piperidine rings is 1. The molecule has 1 aromatic carbocycles. The van der Waals surface area contributed by atoms with Crippen molar-refractivity contribution in [3.05, 3.63) is 24.3 Å². The fraction of sp³-hybridized carbons (Fsp3) is 0.600. The van der Waals surface area contributed by atoms with Crippen LogP contribution in [0.15, 0.2) is 24.3 Å². The highest BCUT2D eigenvalue weighted by molar-refractivity contribution is 5.50. The molecule has 3 heteroatoms. The predicted octanol–water partition coefficient (Wildman–Crippen LogP) is 2.66. The highest BCUT2D eigenvalue weighted by Crippen LogP contribution is 2.26. The van der Waals surface area contributed by atoms with Gasteiger partial charge in [0, 0.05) is 24.3 Å². The molecule has 1 saturated heterocycles. The summed E-state index contributed by atoms with van der Waals surface area (Å²) in [5.74, 6) is 0.925. The average molecular weight is 248 g/mol. The number of anilines is 1. The minimum absolute atomic E-state index is 0.594. The fourth-order valence-electron chi connectivity index (χ4n) is 2.80. The van der Waals surface area contributed by atoms with Gasteiger partial charge in [-0.15, -0.1) is 0 Å². The molecule has 0 bridgehead atoms. The molecule has 1 N–H and O–H groups in total. The van der Waals surface area contributed by atoms with Crippen LogP contribution < -0.4 is 15.0 Å². The molecule has 1 aliphatic heterocycles. The number of rotatable bonds is 4. The first kappa shape index (κ1) is 13.2. The highest BCUT2D eigenvalue weighted by atomic mass is 16.5. The lowest BCUT2D eigenvalue weighted by Crippen LogP contribution is -2.47. The van der Waals surface area contributed by atoms with Gasteiger partial charge in [-0.05, 0) is 50.6 Å². The lowest BCUT2D eigenvalue weighted by molar-refractivity contribution is 0.374. The highest BCUT2D eigenvalue weighted by Gasteiger charge is 2.24. The van der Waals surface area contributed by atoms with E-state index in [1.807, 2.05) is 12.1 Å². The predicted molar refractivity (Wildman–Crippen MR) is 76.5 cm³/mol. The summed E-state index contributed by atoms with van der Waals surface area (Å²) in [6.07, 6.45) is 2.45. The van der Waals surface area contributed by atoms with E-state index in [2.05, 4.69) is 36.2 Å². The summed E-state index contributed by atoms with van der Waals surface area (Å²) in [4.78, 5) is 2.49. The normalized spacial score (nSPS) is 24.1. The number of benzene rings is 1. The quantitative estimate of drug-likeness (QED) is 0.886. The van der Waals surface area contributed by atoms with E-state index in [1.54, 1.807) is 7.11 Å². The summed E-state index contributed by atoms with van der Waals surface area (Å²) in [7, 11) is 1.71. The molecule has 0 saturated carbocycles. The van der Waals surface area contributed by atoms with Gasteiger partial charge in [0.2, 0.25) is 0 Å². The van der Waals surface area contributed by atoms with Gasteiger partial charge < -0.3 is 15.0 Å². The minimum atomic E-state index is 0.594. The van der Waals surface area contributed by atoms with Crippen LogP contribution in [0.2, 0.25) is 0 Å². The van der Waals surface area contributed by atoms with Gasteiger partial charge in [-0.3, -0.25) is 0 Å². The third-order valence-electron chi connectivity index (χ3n) is 3.77. The summed E-state index contributed by atoms with van der Waals surface area (Å²) in [5.41, 5.74) is 1.30. The number of hydrogen-bond acceptors (Lipinski definition) is 3. The van der Waals surface area contributed by atoms with Crippen LogP contribution in [0, 0.1) is 0 Å². The Morgan fingerprint density at radius 3 is 2.61 bits per heavy atom. The second-order valence-electron chi connectivity index (χ2n) is 5.02. The molecule has 3 nitrogen and oxygen atoms in total. The maximum absolute atomic E-state index is 5.20. The minimum Gasteiger partial charge on any atom is -0.497 e. The molecule has 2 atom stereocenters. The zero-order chi connectivity index (χ0) is 13.0. The van der Waals surface area contributed by atoms with E-state index in [-0.39, 0.29) is 0 Å². The van der Waals surface area contributed by atoms with Crippen molar-refractivity contribution in [3.8, 4) is 5.75 Å². The smallest absolute Gasteiger partial charge is 0.119 e. The first-order valence-electron chi connectivity index (χ1n) is 6.88. The topological polar surface area (TPSA) is 24.5 Å². The average Bonchev–Trinajstić information content (AvgIpc) is 2.40. The molecule has 0 aromatic heterocycles. The number of nitrogens with zero attached hydrogens (tertiary/aromatic N) is 1. The van der Waals surface area contributed by atoms with Crippen molar-refractivity contribution < 1.29 is 4.74 Å². The second-order valence-corrected chi connectivity index (χ2v) is 5.02. The Morgan fingerprint density at radius 2 is 2.06 bits per heavy atom. The Kier molecular flexibility index (Phi) is 4.48. The molecular weight excluding hydrogens is 224 g/mol. The Hall–Kier alpha value is -1.22. The van der Waals surface area contributed by atoms with Gasteiger partial charge in [0.1, 0.15) is 5.75 Å². The van der Waals surface area contributed by atoms with Crippen molar-refractivity contribution in [1.29, 1.82) is 0 Å². The molecule has 2 unspecified atom stereocenters. The maximum atomic E-state index is 5.20. The standard InChI is InChI=1S/C15H24N2O/c1-4-16-13-9-10-17(12(2)11-13)14-5-7-15(18-3)8-6-14/h5-8,12-13,16H,4,9-11H2,1-3H3. The van der Waals surface area contributed by atoms with Crippen LogP contribution in [0.5, 0.6) is 5.75 Å². The van der Waals surface area contributed by atoms with Crippen molar-refractivity contribution in [2.45, 2.75) is 38.8 Å². The second kappa shape index (κ2) is 6.10. The summed E-state index contributed by atoms with van der Waals surface area (Å²) < 4.78 is 5.20. The first-order chi connectivity index (χ1) is 8.74. The van der Waals surface area contributed by atoms with Crippen LogP contribution in [0.3, 0.4) is 0 Å². The van der Waals surface area contributed by atoms with E-state index in [4.69, 9.17) is 4.74 Å². The Bertz CT molecular complexity index is 363. The van der Waals surface area contributed by atoms with Crippen LogP contribution >= 0.6 is 0 Å². The molecule has 18 heavy (non-hydrogen) atoms. The Morgan fingerprint density at radius 1 is 1.33 bits per heavy atom. The number of methoxy groups -OCH3 is 1. The van der Waals surface area contributed by atoms with Gasteiger partial charge in [-0.1, -0.05) is 6.92 Å². The van der Waals surface area contributed by atoms with Crippen LogP contribution in [0.1, 0.15) is 26.7 Å². The van der Waals surface area contributed by atoms with Crippen LogP contribution in [0.4, 0.5) is 5.69 Å². The zero-order valence-corrected chi connectivity index (χ0v) is 11.6. The van der Waals surface area contributed by atoms with E-state index in [0.29, 0.717) is 12.1 Å². The third-order valence-corrected chi connectivity index (χ3v) is 3.77. The number of ether oxygens (including phenoxy) is 1. The molecule has 0 amide bonds. The van der Waals surface area contributed by atoms with Crippen molar-refractivity contribution in [3.63, 3.8) is 0 Å². The van der Waals surface area contributed by atoms with Crippen LogP contribution in [-0.4, -0.2) is 32.3 Å². The largest absolute Gasteiger partial charge is 0.497 e. The van der Waals surface area contributed by atoms with E-state index in [9.17, 15) is 0 Å². The number of hydrogen-bond donors (Lipinski definition) is 1. The molecule has 1 fully saturated rings. The third kappa shape index (κ3) is 2.96. The molecule has 100 valence electrons. The lowest BCUT2D eigenvalue weighted by Gasteiger charge is -2.39. The molecule has 1 aromatic rings. The Labute approximate surface area is 110 Å². The van der Waals surface area contributed by atoms with Crippen LogP contribution in [-0.2, 0) is 0 Å². The van der Waals surface area contributed by atoms with E-state index in [1.165, 1.54) is 18.5 Å². The Balaban J connectivity index is 2.00. The summed E-state index contributed by atoms with van der Waals surface area (Å²) >= 11 is 0. The van der Waals surface area contributed by atoms with Gasteiger partial charge >= 0.3 is 0 Å². The summed E-state index contributed by atoms with van der Waals surface area (Å²) in [5, 5.41) is 3.56. The van der Waals surface area contributed by atoms with Crippen molar-refractivity contribution in [2.24, 2.45) is 0 Å². The van der Waals surface area contributed by atoms with Gasteiger partial charge in [-0.2, -0.15) is 0 Å². The monoisotopic (exact) mass is 248 g/mol. The lowest BCUT2D eigenvalue weighted by atomic mass is 9.97. The van der Waals surface area contributed by atoms with Gasteiger partial charge in [0.15, 0.2) is 0 Å². The molecular formula is C15H24N2O. The summed E-state index contributed by atoms with van der Waals surface area (Å²) in [6, 6.07) is 9.67. The van der Waals surface area contributed by atoms with Crippen LogP contribution in [0.25, 0.3) is 0 Å². The zero-order valence-electron chi connectivity index (χ0n) is 11.6. The van der Waals surface area contributed by atoms with E-state index < -0.39 is 0 Å². The number of nitrogens with one attached hydrogen (secondary N) is 1. The maximum Gasteiger partial charge on any atom is 0.119 e. The molecule has 0 aliphatic carbocycles. The molecule has 2 rings (SSSR count). The van der Waals surface area contributed by atoms with Crippen molar-refractivity contribution >= 4 is 5.69 Å². The van der Waals surface area contributed by atoms with Crippen molar-refractivity contribution in [1.82, 2.24) is 5.32 Å². The van der Waals surface area contributed by atoms with Gasteiger partial charge in [0.05, 0.1) is 7.11 Å². The van der Waals surface area contributed by atoms with E-state index >= 15 is 0 Å². The fourth-order valence-corrected chi connectivity index (χ4v) is 2.80. The van der Waals surface area contributed by atoms with Gasteiger partial charge in [0.25, 0.3) is 0 Å². The molecule has 1 heterocycles. The molecule has 0 radical (unpaired) electrons. The molecule has 0 spiro atoms. The van der Waals surface area contributed by atoms with Crippen molar-refractivity contribution in [2.75, 3.05) is 25.1 Å². The SMILES string of the molecule is CCNC1CCN(c2ccc(OC)cc2)C(C)C1. The van der Waals surface area contributed by atoms with E-state index in [0.717, 1.165) is 18.8 Å².